The van der Waals surface area contributed by atoms with Crippen molar-refractivity contribution in [2.45, 2.75) is 11.4 Å². The molecule has 0 aliphatic rings. The van der Waals surface area contributed by atoms with Crippen molar-refractivity contribution in [3.63, 3.8) is 0 Å². The summed E-state index contributed by atoms with van der Waals surface area (Å²) in [5.41, 5.74) is 0.930. The number of aliphatic hydroxyl groups is 1. The zero-order valence-electron chi connectivity index (χ0n) is 12.9. The molecule has 0 amide bonds. The monoisotopic (exact) mass is 313 g/mol. The van der Waals surface area contributed by atoms with E-state index in [4.69, 9.17) is 5.11 Å². The molecule has 1 aromatic rings. The van der Waals surface area contributed by atoms with E-state index in [1.807, 2.05) is 38.0 Å². The first-order valence-corrected chi connectivity index (χ1v) is 8.25. The fraction of sp³-hybridized carbons (Fsp3) is 0.500. The van der Waals surface area contributed by atoms with E-state index >= 15 is 0 Å². The molecule has 0 aromatic heterocycles. The number of aliphatic imine (C=N–C) groups is 1. The van der Waals surface area contributed by atoms with E-state index in [2.05, 4.69) is 4.99 Å². The Labute approximate surface area is 126 Å². The summed E-state index contributed by atoms with van der Waals surface area (Å²) in [4.78, 5) is 8.56. The molecule has 7 heteroatoms. The zero-order chi connectivity index (χ0) is 16.0. The Bertz CT molecular complexity index is 568. The van der Waals surface area contributed by atoms with E-state index in [9.17, 15) is 8.42 Å². The Balaban J connectivity index is 2.87. The van der Waals surface area contributed by atoms with Gasteiger partial charge in [-0.15, -0.1) is 0 Å². The molecule has 1 aromatic carbocycles. The summed E-state index contributed by atoms with van der Waals surface area (Å²) in [6, 6.07) is 6.61. The van der Waals surface area contributed by atoms with Gasteiger partial charge in [0, 0.05) is 28.2 Å². The minimum atomic E-state index is -3.39. The number of nitrogens with zero attached hydrogens (tertiary/aromatic N) is 3. The maximum atomic E-state index is 11.8. The second kappa shape index (κ2) is 7.42. The molecule has 0 atom stereocenters. The minimum absolute atomic E-state index is 0.227. The summed E-state index contributed by atoms with van der Waals surface area (Å²) >= 11 is 0. The summed E-state index contributed by atoms with van der Waals surface area (Å²) in [6.07, 6.45) is 0. The van der Waals surface area contributed by atoms with Gasteiger partial charge >= 0.3 is 0 Å². The number of sulfone groups is 1. The van der Waals surface area contributed by atoms with Crippen LogP contribution in [0.4, 0.5) is 0 Å². The van der Waals surface area contributed by atoms with Gasteiger partial charge in [-0.25, -0.2) is 13.4 Å². The molecule has 1 rings (SSSR count). The molecule has 21 heavy (non-hydrogen) atoms. The number of hydrogen-bond donors (Lipinski definition) is 1. The van der Waals surface area contributed by atoms with Crippen LogP contribution in [0.25, 0.3) is 0 Å². The molecule has 0 unspecified atom stereocenters. The normalized spacial score (nSPS) is 11.1. The molecule has 0 saturated carbocycles. The third-order valence-corrected chi connectivity index (χ3v) is 4.56. The lowest BCUT2D eigenvalue weighted by atomic mass is 10.2. The Kier molecular flexibility index (Phi) is 6.17. The minimum Gasteiger partial charge on any atom is -0.395 e. The highest BCUT2D eigenvalue weighted by molar-refractivity contribution is 7.91. The van der Waals surface area contributed by atoms with Crippen LogP contribution >= 0.6 is 0 Å². The highest BCUT2D eigenvalue weighted by Crippen LogP contribution is 2.13. The average molecular weight is 313 g/mol. The molecular weight excluding hydrogens is 290 g/mol. The van der Waals surface area contributed by atoms with Crippen LogP contribution in [-0.2, 0) is 16.4 Å². The van der Waals surface area contributed by atoms with Crippen molar-refractivity contribution in [2.75, 3.05) is 40.6 Å². The molecule has 0 radical (unpaired) electrons. The van der Waals surface area contributed by atoms with Gasteiger partial charge in [0.15, 0.2) is 15.8 Å². The van der Waals surface area contributed by atoms with Gasteiger partial charge in [0.1, 0.15) is 0 Å². The Morgan fingerprint density at radius 3 is 2.05 bits per heavy atom. The average Bonchev–Trinajstić information content (AvgIpc) is 2.38. The van der Waals surface area contributed by atoms with Crippen LogP contribution in [0.1, 0.15) is 5.56 Å². The molecule has 0 aliphatic carbocycles. The van der Waals surface area contributed by atoms with E-state index in [1.165, 1.54) is 0 Å². The van der Waals surface area contributed by atoms with Crippen molar-refractivity contribution in [2.24, 2.45) is 4.99 Å². The van der Waals surface area contributed by atoms with Crippen molar-refractivity contribution in [3.05, 3.63) is 29.8 Å². The van der Waals surface area contributed by atoms with Crippen LogP contribution in [0.3, 0.4) is 0 Å². The van der Waals surface area contributed by atoms with Gasteiger partial charge in [0.2, 0.25) is 0 Å². The van der Waals surface area contributed by atoms with Gasteiger partial charge in [0.05, 0.1) is 23.8 Å². The lowest BCUT2D eigenvalue weighted by Crippen LogP contribution is -2.35. The van der Waals surface area contributed by atoms with Crippen LogP contribution in [-0.4, -0.2) is 69.8 Å². The number of benzene rings is 1. The molecule has 0 aliphatic heterocycles. The first kappa shape index (κ1) is 17.5. The summed E-state index contributed by atoms with van der Waals surface area (Å²) in [6.45, 7) is 0.107. The van der Waals surface area contributed by atoms with Crippen molar-refractivity contribution >= 4 is 15.8 Å². The quantitative estimate of drug-likeness (QED) is 0.630. The number of aliphatic hydroxyl groups excluding tert-OH is 1. The topological polar surface area (TPSA) is 73.2 Å². The van der Waals surface area contributed by atoms with Crippen LogP contribution in [0, 0.1) is 0 Å². The van der Waals surface area contributed by atoms with E-state index in [1.54, 1.807) is 24.3 Å². The number of rotatable bonds is 5. The fourth-order valence-electron chi connectivity index (χ4n) is 1.89. The van der Waals surface area contributed by atoms with E-state index in [-0.39, 0.29) is 17.3 Å². The predicted octanol–water partition coefficient (Wildman–Crippen LogP) is 0.432. The highest BCUT2D eigenvalue weighted by Gasteiger charge is 2.13. The lowest BCUT2D eigenvalue weighted by Gasteiger charge is -2.22. The molecule has 0 saturated heterocycles. The van der Waals surface area contributed by atoms with Crippen molar-refractivity contribution in [1.29, 1.82) is 0 Å². The van der Waals surface area contributed by atoms with Crippen LogP contribution in [0.2, 0.25) is 0 Å². The van der Waals surface area contributed by atoms with Crippen molar-refractivity contribution < 1.29 is 13.5 Å². The molecule has 118 valence electrons. The number of hydrogen-bond acceptors (Lipinski definition) is 4. The van der Waals surface area contributed by atoms with Crippen molar-refractivity contribution in [1.82, 2.24) is 9.80 Å². The van der Waals surface area contributed by atoms with E-state index in [0.29, 0.717) is 6.54 Å². The smallest absolute Gasteiger partial charge is 0.195 e. The summed E-state index contributed by atoms with van der Waals surface area (Å²) in [7, 11) is 4.29. The van der Waals surface area contributed by atoms with Crippen LogP contribution in [0.15, 0.2) is 34.2 Å². The lowest BCUT2D eigenvalue weighted by molar-refractivity contribution is 0.319. The molecule has 0 fully saturated rings. The summed E-state index contributed by atoms with van der Waals surface area (Å²) < 4.78 is 23.6. The van der Waals surface area contributed by atoms with Gasteiger partial charge in [-0.1, -0.05) is 12.1 Å². The SMILES string of the molecule is CN(C)C(=NCc1ccc(S(=O)(=O)CCO)cc1)N(C)C. The van der Waals surface area contributed by atoms with Gasteiger partial charge in [-0.2, -0.15) is 0 Å². The molecule has 0 heterocycles. The third kappa shape index (κ3) is 5.02. The first-order chi connectivity index (χ1) is 9.77. The summed E-state index contributed by atoms with van der Waals surface area (Å²) in [5, 5.41) is 8.76. The Hall–Kier alpha value is -1.60. The van der Waals surface area contributed by atoms with E-state index in [0.717, 1.165) is 11.5 Å². The molecule has 0 spiro atoms. The summed E-state index contributed by atoms with van der Waals surface area (Å²) in [5.74, 6) is 0.586. The van der Waals surface area contributed by atoms with Gasteiger partial charge in [0.25, 0.3) is 0 Å². The largest absolute Gasteiger partial charge is 0.395 e. The van der Waals surface area contributed by atoms with Gasteiger partial charge < -0.3 is 14.9 Å². The van der Waals surface area contributed by atoms with E-state index < -0.39 is 9.84 Å². The van der Waals surface area contributed by atoms with Gasteiger partial charge in [-0.3, -0.25) is 0 Å². The third-order valence-electron chi connectivity index (χ3n) is 2.85. The van der Waals surface area contributed by atoms with Crippen LogP contribution in [0.5, 0.6) is 0 Å². The molecular formula is C14H23N3O3S. The Morgan fingerprint density at radius 2 is 1.62 bits per heavy atom. The molecule has 6 nitrogen and oxygen atoms in total. The van der Waals surface area contributed by atoms with Crippen molar-refractivity contribution in [3.8, 4) is 0 Å². The predicted molar refractivity (Wildman–Crippen MR) is 84.1 cm³/mol. The van der Waals surface area contributed by atoms with Gasteiger partial charge in [-0.05, 0) is 17.7 Å². The van der Waals surface area contributed by atoms with Crippen LogP contribution < -0.4 is 0 Å². The second-order valence-electron chi connectivity index (χ2n) is 5.09. The first-order valence-electron chi connectivity index (χ1n) is 6.59. The maximum Gasteiger partial charge on any atom is 0.195 e. The fourth-order valence-corrected chi connectivity index (χ4v) is 2.91. The molecule has 0 bridgehead atoms. The zero-order valence-corrected chi connectivity index (χ0v) is 13.8. The highest BCUT2D eigenvalue weighted by atomic mass is 32.2. The second-order valence-corrected chi connectivity index (χ2v) is 7.20. The standard InChI is InChI=1S/C14H23N3O3S/c1-16(2)14(17(3)4)15-11-12-5-7-13(8-6-12)21(19,20)10-9-18/h5-8,18H,9-11H2,1-4H3. The molecule has 1 N–H and O–H groups in total. The maximum absolute atomic E-state index is 11.8. The number of guanidine groups is 1. The Morgan fingerprint density at radius 1 is 1.10 bits per heavy atom.